The fraction of sp³-hybridized carbons (Fsp3) is 0.250. The van der Waals surface area contributed by atoms with E-state index in [0.717, 1.165) is 11.9 Å². The standard InChI is InChI=1S/C8H6F3N3S/c1-4-3-15-7(13-4)6-12-2-5(14-6)8(9,10)11/h2-3H,1H3,(H,12,14). The van der Waals surface area contributed by atoms with Crippen molar-refractivity contribution in [2.75, 3.05) is 0 Å². The van der Waals surface area contributed by atoms with Crippen LogP contribution >= 0.6 is 11.3 Å². The van der Waals surface area contributed by atoms with Gasteiger partial charge in [0.1, 0.15) is 5.69 Å². The number of thiazole rings is 1. The second kappa shape index (κ2) is 3.34. The van der Waals surface area contributed by atoms with E-state index in [2.05, 4.69) is 15.0 Å². The summed E-state index contributed by atoms with van der Waals surface area (Å²) in [6, 6.07) is 0. The van der Waals surface area contributed by atoms with E-state index in [1.165, 1.54) is 11.3 Å². The van der Waals surface area contributed by atoms with E-state index in [-0.39, 0.29) is 5.82 Å². The Morgan fingerprint density at radius 2 is 2.13 bits per heavy atom. The molecule has 0 aromatic carbocycles. The Labute approximate surface area is 87.0 Å². The molecule has 1 N–H and O–H groups in total. The van der Waals surface area contributed by atoms with E-state index in [1.54, 1.807) is 12.3 Å². The van der Waals surface area contributed by atoms with Gasteiger partial charge in [-0.15, -0.1) is 11.3 Å². The van der Waals surface area contributed by atoms with Gasteiger partial charge in [0.2, 0.25) is 0 Å². The number of rotatable bonds is 1. The molecular weight excluding hydrogens is 227 g/mol. The van der Waals surface area contributed by atoms with E-state index in [9.17, 15) is 13.2 Å². The summed E-state index contributed by atoms with van der Waals surface area (Å²) < 4.78 is 36.7. The zero-order valence-corrected chi connectivity index (χ0v) is 8.41. The molecule has 0 radical (unpaired) electrons. The predicted octanol–water partition coefficient (Wildman–Crippen LogP) is 2.86. The van der Waals surface area contributed by atoms with Crippen molar-refractivity contribution in [1.29, 1.82) is 0 Å². The first-order valence-electron chi connectivity index (χ1n) is 4.01. The van der Waals surface area contributed by atoms with Crippen LogP contribution in [0.5, 0.6) is 0 Å². The van der Waals surface area contributed by atoms with Gasteiger partial charge in [-0.2, -0.15) is 13.2 Å². The number of nitrogens with one attached hydrogen (secondary N) is 1. The van der Waals surface area contributed by atoms with Gasteiger partial charge in [0, 0.05) is 11.1 Å². The lowest BCUT2D eigenvalue weighted by Gasteiger charge is -2.00. The van der Waals surface area contributed by atoms with Crippen molar-refractivity contribution in [2.24, 2.45) is 0 Å². The summed E-state index contributed by atoms with van der Waals surface area (Å²) in [6.07, 6.45) is -3.62. The fourth-order valence-corrected chi connectivity index (χ4v) is 1.78. The lowest BCUT2D eigenvalue weighted by atomic mass is 10.5. The summed E-state index contributed by atoms with van der Waals surface area (Å²) in [5.74, 6) is 0.153. The normalized spacial score (nSPS) is 12.0. The second-order valence-electron chi connectivity index (χ2n) is 2.94. The number of hydrogen-bond donors (Lipinski definition) is 1. The Kier molecular flexibility index (Phi) is 2.26. The van der Waals surface area contributed by atoms with Gasteiger partial charge >= 0.3 is 6.18 Å². The molecular formula is C8H6F3N3S. The molecule has 0 saturated heterocycles. The lowest BCUT2D eigenvalue weighted by molar-refractivity contribution is -0.140. The maximum absolute atomic E-state index is 12.2. The van der Waals surface area contributed by atoms with Crippen LogP contribution in [0.2, 0.25) is 0 Å². The average Bonchev–Trinajstić information content (AvgIpc) is 2.69. The highest BCUT2D eigenvalue weighted by atomic mass is 32.1. The van der Waals surface area contributed by atoms with E-state index < -0.39 is 11.9 Å². The number of aryl methyl sites for hydroxylation is 1. The minimum atomic E-state index is -4.39. The third-order valence-corrected chi connectivity index (χ3v) is 2.67. The van der Waals surface area contributed by atoms with Gasteiger partial charge in [-0.05, 0) is 6.92 Å². The quantitative estimate of drug-likeness (QED) is 0.822. The number of aromatic amines is 1. The van der Waals surface area contributed by atoms with Gasteiger partial charge in [-0.1, -0.05) is 0 Å². The first-order valence-corrected chi connectivity index (χ1v) is 4.89. The zero-order chi connectivity index (χ0) is 11.1. The van der Waals surface area contributed by atoms with Crippen LogP contribution in [0, 0.1) is 6.92 Å². The molecule has 0 aliphatic heterocycles. The number of halogens is 3. The maximum atomic E-state index is 12.2. The molecule has 0 aliphatic carbocycles. The average molecular weight is 233 g/mol. The van der Waals surface area contributed by atoms with Crippen molar-refractivity contribution in [3.8, 4) is 10.8 Å². The lowest BCUT2D eigenvalue weighted by Crippen LogP contribution is -2.04. The van der Waals surface area contributed by atoms with Crippen LogP contribution in [-0.2, 0) is 6.18 Å². The Hall–Kier alpha value is -1.37. The highest BCUT2D eigenvalue weighted by Crippen LogP contribution is 2.29. The first-order chi connectivity index (χ1) is 6.97. The minimum Gasteiger partial charge on any atom is -0.332 e. The zero-order valence-electron chi connectivity index (χ0n) is 7.59. The minimum absolute atomic E-state index is 0.153. The Morgan fingerprint density at radius 1 is 1.40 bits per heavy atom. The second-order valence-corrected chi connectivity index (χ2v) is 3.80. The molecule has 3 nitrogen and oxygen atoms in total. The summed E-state index contributed by atoms with van der Waals surface area (Å²) >= 11 is 1.25. The summed E-state index contributed by atoms with van der Waals surface area (Å²) in [6.45, 7) is 1.77. The predicted molar refractivity (Wildman–Crippen MR) is 49.4 cm³/mol. The summed E-state index contributed by atoms with van der Waals surface area (Å²) in [5.41, 5.74) is -0.0923. The van der Waals surface area contributed by atoms with Crippen molar-refractivity contribution in [3.63, 3.8) is 0 Å². The Bertz CT molecular complexity index is 471. The Balaban J connectivity index is 2.36. The molecule has 0 saturated carbocycles. The van der Waals surface area contributed by atoms with Gasteiger partial charge in [-0.25, -0.2) is 9.97 Å². The molecule has 0 fully saturated rings. The Morgan fingerprint density at radius 3 is 2.60 bits per heavy atom. The summed E-state index contributed by atoms with van der Waals surface area (Å²) in [7, 11) is 0. The molecule has 2 heterocycles. The van der Waals surface area contributed by atoms with E-state index in [0.29, 0.717) is 5.01 Å². The van der Waals surface area contributed by atoms with Crippen molar-refractivity contribution in [3.05, 3.63) is 23.0 Å². The van der Waals surface area contributed by atoms with Crippen molar-refractivity contribution < 1.29 is 13.2 Å². The molecule has 2 aromatic rings. The van der Waals surface area contributed by atoms with Crippen LogP contribution in [-0.4, -0.2) is 15.0 Å². The topological polar surface area (TPSA) is 41.6 Å². The van der Waals surface area contributed by atoms with Crippen LogP contribution in [0.4, 0.5) is 13.2 Å². The van der Waals surface area contributed by atoms with Crippen molar-refractivity contribution in [2.45, 2.75) is 13.1 Å². The number of H-pyrrole nitrogens is 1. The molecule has 0 spiro atoms. The number of alkyl halides is 3. The van der Waals surface area contributed by atoms with Gasteiger partial charge in [0.25, 0.3) is 0 Å². The molecule has 0 amide bonds. The van der Waals surface area contributed by atoms with Gasteiger partial charge < -0.3 is 4.98 Å². The van der Waals surface area contributed by atoms with E-state index in [4.69, 9.17) is 0 Å². The molecule has 2 rings (SSSR count). The number of hydrogen-bond acceptors (Lipinski definition) is 3. The molecule has 0 bridgehead atoms. The molecule has 80 valence electrons. The highest BCUT2D eigenvalue weighted by Gasteiger charge is 2.33. The van der Waals surface area contributed by atoms with Gasteiger partial charge in [-0.3, -0.25) is 0 Å². The van der Waals surface area contributed by atoms with Crippen LogP contribution in [0.3, 0.4) is 0 Å². The number of nitrogens with zero attached hydrogens (tertiary/aromatic N) is 2. The molecule has 15 heavy (non-hydrogen) atoms. The molecule has 0 aliphatic rings. The van der Waals surface area contributed by atoms with Gasteiger partial charge in [0.05, 0.1) is 6.20 Å². The van der Waals surface area contributed by atoms with Crippen molar-refractivity contribution in [1.82, 2.24) is 15.0 Å². The van der Waals surface area contributed by atoms with Crippen LogP contribution in [0.1, 0.15) is 11.4 Å². The largest absolute Gasteiger partial charge is 0.432 e. The third-order valence-electron chi connectivity index (χ3n) is 1.70. The monoisotopic (exact) mass is 233 g/mol. The smallest absolute Gasteiger partial charge is 0.332 e. The van der Waals surface area contributed by atoms with E-state index >= 15 is 0 Å². The van der Waals surface area contributed by atoms with Crippen LogP contribution in [0.25, 0.3) is 10.8 Å². The summed E-state index contributed by atoms with van der Waals surface area (Å²) in [4.78, 5) is 9.87. The number of aromatic nitrogens is 3. The van der Waals surface area contributed by atoms with Gasteiger partial charge in [0.15, 0.2) is 10.8 Å². The summed E-state index contributed by atoms with van der Waals surface area (Å²) in [5, 5.41) is 2.22. The third kappa shape index (κ3) is 2.01. The molecule has 0 unspecified atom stereocenters. The fourth-order valence-electron chi connectivity index (χ4n) is 1.04. The van der Waals surface area contributed by atoms with E-state index in [1.807, 2.05) is 0 Å². The van der Waals surface area contributed by atoms with Crippen molar-refractivity contribution >= 4 is 11.3 Å². The first kappa shape index (κ1) is 10.2. The van der Waals surface area contributed by atoms with Crippen LogP contribution in [0.15, 0.2) is 11.6 Å². The maximum Gasteiger partial charge on any atom is 0.432 e. The highest BCUT2D eigenvalue weighted by molar-refractivity contribution is 7.13. The molecule has 7 heteroatoms. The number of imidazole rings is 1. The SMILES string of the molecule is Cc1csc(-c2ncc(C(F)(F)F)[nH]2)n1. The molecule has 2 aromatic heterocycles. The van der Waals surface area contributed by atoms with Crippen LogP contribution < -0.4 is 0 Å². The molecule has 0 atom stereocenters.